The molecule has 0 aliphatic rings. The van der Waals surface area contributed by atoms with E-state index >= 15 is 0 Å². The summed E-state index contributed by atoms with van der Waals surface area (Å²) in [6.07, 6.45) is -5.38. The van der Waals surface area contributed by atoms with Gasteiger partial charge in [-0.15, -0.1) is 0 Å². The van der Waals surface area contributed by atoms with Gasteiger partial charge in [0.1, 0.15) is 11.6 Å². The van der Waals surface area contributed by atoms with Crippen molar-refractivity contribution in [2.75, 3.05) is 6.61 Å². The fourth-order valence-electron chi connectivity index (χ4n) is 1.09. The van der Waals surface area contributed by atoms with E-state index in [-0.39, 0.29) is 11.3 Å². The first-order valence-electron chi connectivity index (χ1n) is 4.51. The SMILES string of the molecule is OCc1cc(F)ccc1OCCC(F)(F)F. The lowest BCUT2D eigenvalue weighted by Gasteiger charge is -2.11. The molecule has 0 atom stereocenters. The van der Waals surface area contributed by atoms with Crippen molar-refractivity contribution in [3.05, 3.63) is 29.6 Å². The Hall–Kier alpha value is -1.30. The molecule has 90 valence electrons. The maximum absolute atomic E-state index is 12.7. The molecule has 2 nitrogen and oxygen atoms in total. The third-order valence-electron chi connectivity index (χ3n) is 1.84. The molecule has 0 heterocycles. The molecule has 0 spiro atoms. The van der Waals surface area contributed by atoms with Gasteiger partial charge in [-0.2, -0.15) is 13.2 Å². The summed E-state index contributed by atoms with van der Waals surface area (Å²) in [6, 6.07) is 3.27. The number of benzene rings is 1. The number of alkyl halides is 3. The summed E-state index contributed by atoms with van der Waals surface area (Å²) >= 11 is 0. The summed E-state index contributed by atoms with van der Waals surface area (Å²) in [4.78, 5) is 0. The van der Waals surface area contributed by atoms with Crippen LogP contribution < -0.4 is 4.74 Å². The molecule has 16 heavy (non-hydrogen) atoms. The summed E-state index contributed by atoms with van der Waals surface area (Å²) in [5, 5.41) is 8.83. The van der Waals surface area contributed by atoms with E-state index in [0.717, 1.165) is 12.1 Å². The van der Waals surface area contributed by atoms with E-state index in [0.29, 0.717) is 0 Å². The fraction of sp³-hybridized carbons (Fsp3) is 0.400. The Morgan fingerprint density at radius 3 is 2.50 bits per heavy atom. The van der Waals surface area contributed by atoms with Crippen molar-refractivity contribution >= 4 is 0 Å². The first-order valence-corrected chi connectivity index (χ1v) is 4.51. The molecule has 0 unspecified atom stereocenters. The van der Waals surface area contributed by atoms with Crippen molar-refractivity contribution in [3.8, 4) is 5.75 Å². The van der Waals surface area contributed by atoms with Crippen LogP contribution in [0.1, 0.15) is 12.0 Å². The lowest BCUT2D eigenvalue weighted by molar-refractivity contribution is -0.139. The highest BCUT2D eigenvalue weighted by molar-refractivity contribution is 5.33. The van der Waals surface area contributed by atoms with Crippen molar-refractivity contribution < 1.29 is 27.4 Å². The van der Waals surface area contributed by atoms with Crippen molar-refractivity contribution in [2.45, 2.75) is 19.2 Å². The molecule has 1 rings (SSSR count). The van der Waals surface area contributed by atoms with Crippen molar-refractivity contribution in [1.82, 2.24) is 0 Å². The van der Waals surface area contributed by atoms with Gasteiger partial charge < -0.3 is 9.84 Å². The van der Waals surface area contributed by atoms with E-state index in [2.05, 4.69) is 0 Å². The second-order valence-corrected chi connectivity index (χ2v) is 3.12. The van der Waals surface area contributed by atoms with Gasteiger partial charge in [0.25, 0.3) is 0 Å². The molecule has 0 amide bonds. The van der Waals surface area contributed by atoms with Crippen LogP contribution in [0.3, 0.4) is 0 Å². The number of rotatable bonds is 4. The molecule has 0 fully saturated rings. The van der Waals surface area contributed by atoms with Crippen LogP contribution in [0.2, 0.25) is 0 Å². The van der Waals surface area contributed by atoms with E-state index < -0.39 is 31.6 Å². The van der Waals surface area contributed by atoms with Crippen LogP contribution in [-0.4, -0.2) is 17.9 Å². The number of ether oxygens (including phenoxy) is 1. The Balaban J connectivity index is 2.60. The van der Waals surface area contributed by atoms with Gasteiger partial charge in [-0.1, -0.05) is 0 Å². The summed E-state index contributed by atoms with van der Waals surface area (Å²) in [5.41, 5.74) is 0.127. The maximum Gasteiger partial charge on any atom is 0.392 e. The van der Waals surface area contributed by atoms with Crippen LogP contribution >= 0.6 is 0 Å². The smallest absolute Gasteiger partial charge is 0.392 e. The van der Waals surface area contributed by atoms with Crippen LogP contribution in [0.15, 0.2) is 18.2 Å². The van der Waals surface area contributed by atoms with Crippen molar-refractivity contribution in [1.29, 1.82) is 0 Å². The number of aliphatic hydroxyl groups excluding tert-OH is 1. The van der Waals surface area contributed by atoms with E-state index in [1.54, 1.807) is 0 Å². The molecule has 0 aliphatic carbocycles. The molecule has 1 aromatic carbocycles. The second-order valence-electron chi connectivity index (χ2n) is 3.12. The Morgan fingerprint density at radius 2 is 1.94 bits per heavy atom. The van der Waals surface area contributed by atoms with Crippen LogP contribution in [0.4, 0.5) is 17.6 Å². The molecule has 0 saturated carbocycles. The van der Waals surface area contributed by atoms with Crippen molar-refractivity contribution in [2.24, 2.45) is 0 Å². The third-order valence-corrected chi connectivity index (χ3v) is 1.84. The first kappa shape index (κ1) is 12.8. The Labute approximate surface area is 89.5 Å². The van der Waals surface area contributed by atoms with E-state index in [9.17, 15) is 17.6 Å². The predicted octanol–water partition coefficient (Wildman–Crippen LogP) is 2.65. The van der Waals surface area contributed by atoms with Crippen LogP contribution in [0, 0.1) is 5.82 Å². The van der Waals surface area contributed by atoms with Gasteiger partial charge in [-0.3, -0.25) is 0 Å². The summed E-state index contributed by atoms with van der Waals surface area (Å²) in [7, 11) is 0. The highest BCUT2D eigenvalue weighted by atomic mass is 19.4. The number of halogens is 4. The zero-order valence-corrected chi connectivity index (χ0v) is 8.22. The Morgan fingerprint density at radius 1 is 1.25 bits per heavy atom. The summed E-state index contributed by atoms with van der Waals surface area (Å²) in [6.45, 7) is -1.04. The molecule has 1 aromatic rings. The highest BCUT2D eigenvalue weighted by Gasteiger charge is 2.26. The van der Waals surface area contributed by atoms with E-state index in [1.165, 1.54) is 6.07 Å². The van der Waals surface area contributed by atoms with Gasteiger partial charge in [0.15, 0.2) is 0 Å². The minimum absolute atomic E-state index is 0.0631. The molecule has 0 aromatic heterocycles. The first-order chi connectivity index (χ1) is 7.42. The zero-order chi connectivity index (χ0) is 12.2. The van der Waals surface area contributed by atoms with Crippen LogP contribution in [0.5, 0.6) is 5.75 Å². The standard InChI is InChI=1S/C10H10F4O2/c11-8-1-2-9(7(5-8)6-15)16-4-3-10(12,13)14/h1-2,5,15H,3-4,6H2. The molecule has 0 radical (unpaired) electrons. The average molecular weight is 238 g/mol. The monoisotopic (exact) mass is 238 g/mol. The van der Waals surface area contributed by atoms with Gasteiger partial charge in [0.05, 0.1) is 19.6 Å². The third kappa shape index (κ3) is 4.06. The van der Waals surface area contributed by atoms with Crippen LogP contribution in [0.25, 0.3) is 0 Å². The molecule has 0 bridgehead atoms. The average Bonchev–Trinajstić information content (AvgIpc) is 2.18. The zero-order valence-electron chi connectivity index (χ0n) is 8.22. The largest absolute Gasteiger partial charge is 0.493 e. The lowest BCUT2D eigenvalue weighted by Crippen LogP contribution is -2.13. The molecule has 6 heteroatoms. The quantitative estimate of drug-likeness (QED) is 0.817. The topological polar surface area (TPSA) is 29.5 Å². The molecule has 0 aliphatic heterocycles. The van der Waals surface area contributed by atoms with Gasteiger partial charge in [0.2, 0.25) is 0 Å². The lowest BCUT2D eigenvalue weighted by atomic mass is 10.2. The van der Waals surface area contributed by atoms with Gasteiger partial charge in [-0.05, 0) is 18.2 Å². The normalized spacial score (nSPS) is 11.6. The number of hydrogen-bond acceptors (Lipinski definition) is 2. The molecular weight excluding hydrogens is 228 g/mol. The number of aliphatic hydroxyl groups is 1. The van der Waals surface area contributed by atoms with Gasteiger partial charge in [-0.25, -0.2) is 4.39 Å². The summed E-state index contributed by atoms with van der Waals surface area (Å²) in [5.74, 6) is -0.514. The minimum Gasteiger partial charge on any atom is -0.493 e. The molecule has 0 saturated heterocycles. The number of hydrogen-bond donors (Lipinski definition) is 1. The van der Waals surface area contributed by atoms with Crippen LogP contribution in [-0.2, 0) is 6.61 Å². The summed E-state index contributed by atoms with van der Waals surface area (Å²) < 4.78 is 53.0. The Kier molecular flexibility index (Phi) is 4.12. The fourth-order valence-corrected chi connectivity index (χ4v) is 1.09. The minimum atomic E-state index is -4.29. The van der Waals surface area contributed by atoms with Gasteiger partial charge in [0, 0.05) is 5.56 Å². The molecule has 1 N–H and O–H groups in total. The van der Waals surface area contributed by atoms with Gasteiger partial charge >= 0.3 is 6.18 Å². The maximum atomic E-state index is 12.7. The van der Waals surface area contributed by atoms with E-state index in [4.69, 9.17) is 9.84 Å². The van der Waals surface area contributed by atoms with E-state index in [1.807, 2.05) is 0 Å². The Bertz CT molecular complexity index is 349. The van der Waals surface area contributed by atoms with Crippen molar-refractivity contribution in [3.63, 3.8) is 0 Å². The predicted molar refractivity (Wildman–Crippen MR) is 48.5 cm³/mol. The molecular formula is C10H10F4O2. The second kappa shape index (κ2) is 5.16. The highest BCUT2D eigenvalue weighted by Crippen LogP contribution is 2.23.